The Morgan fingerprint density at radius 3 is 2.40 bits per heavy atom. The Morgan fingerprint density at radius 2 is 1.93 bits per heavy atom. The highest BCUT2D eigenvalue weighted by Gasteiger charge is 2.56. The molecule has 0 aromatic heterocycles. The van der Waals surface area contributed by atoms with Crippen LogP contribution in [-0.4, -0.2) is 23.4 Å². The van der Waals surface area contributed by atoms with Gasteiger partial charge in [0, 0.05) is 13.0 Å². The van der Waals surface area contributed by atoms with E-state index < -0.39 is 11.0 Å². The highest BCUT2D eigenvalue weighted by atomic mass is 16.5. The van der Waals surface area contributed by atoms with Crippen molar-refractivity contribution in [3.05, 3.63) is 0 Å². The molecule has 1 aliphatic heterocycles. The van der Waals surface area contributed by atoms with Crippen molar-refractivity contribution in [2.75, 3.05) is 6.61 Å². The van der Waals surface area contributed by atoms with Crippen LogP contribution in [0.2, 0.25) is 0 Å². The molecule has 0 aromatic rings. The predicted octanol–water partition coefficient (Wildman–Crippen LogP) is 2.00. The molecule has 1 N–H and O–H groups in total. The van der Waals surface area contributed by atoms with Gasteiger partial charge in [-0.15, -0.1) is 0 Å². The fourth-order valence-corrected chi connectivity index (χ4v) is 3.16. The molecule has 3 nitrogen and oxygen atoms in total. The van der Waals surface area contributed by atoms with Crippen molar-refractivity contribution >= 4 is 0 Å². The molecule has 2 rings (SSSR count). The molecule has 0 radical (unpaired) electrons. The SMILES string of the molecule is CC1OCCC1(O)C1(C#N)CCCCC1. The summed E-state index contributed by atoms with van der Waals surface area (Å²) in [5.74, 6) is 0. The van der Waals surface area contributed by atoms with Crippen molar-refractivity contribution in [3.63, 3.8) is 0 Å². The highest BCUT2D eigenvalue weighted by Crippen LogP contribution is 2.50. The van der Waals surface area contributed by atoms with Crippen molar-refractivity contribution in [3.8, 4) is 6.07 Å². The van der Waals surface area contributed by atoms with E-state index in [2.05, 4.69) is 6.07 Å². The van der Waals surface area contributed by atoms with Crippen LogP contribution in [0.1, 0.15) is 45.4 Å². The van der Waals surface area contributed by atoms with Gasteiger partial charge in [0.05, 0.1) is 17.6 Å². The minimum absolute atomic E-state index is 0.199. The molecule has 15 heavy (non-hydrogen) atoms. The Labute approximate surface area is 91.0 Å². The maximum absolute atomic E-state index is 10.7. The third-order valence-electron chi connectivity index (χ3n) is 4.27. The normalized spacial score (nSPS) is 39.9. The number of ether oxygens (including phenoxy) is 1. The second-order valence-corrected chi connectivity index (χ2v) is 4.94. The summed E-state index contributed by atoms with van der Waals surface area (Å²) in [4.78, 5) is 0. The van der Waals surface area contributed by atoms with Crippen LogP contribution in [-0.2, 0) is 4.74 Å². The molecule has 3 heteroatoms. The van der Waals surface area contributed by atoms with Gasteiger partial charge >= 0.3 is 0 Å². The minimum atomic E-state index is -0.915. The Hall–Kier alpha value is -0.590. The molecule has 2 aliphatic rings. The lowest BCUT2D eigenvalue weighted by Crippen LogP contribution is -2.53. The zero-order valence-corrected chi connectivity index (χ0v) is 9.33. The van der Waals surface area contributed by atoms with E-state index in [9.17, 15) is 10.4 Å². The van der Waals surface area contributed by atoms with Crippen LogP contribution >= 0.6 is 0 Å². The van der Waals surface area contributed by atoms with Crippen molar-refractivity contribution in [2.24, 2.45) is 5.41 Å². The molecule has 1 saturated heterocycles. The van der Waals surface area contributed by atoms with Gasteiger partial charge in [-0.25, -0.2) is 0 Å². The average molecular weight is 209 g/mol. The first-order valence-electron chi connectivity index (χ1n) is 5.90. The first-order chi connectivity index (χ1) is 7.15. The minimum Gasteiger partial charge on any atom is -0.385 e. The first-order valence-corrected chi connectivity index (χ1v) is 5.90. The standard InChI is InChI=1S/C12H19NO2/c1-10-12(14,7-8-15-10)11(9-13)5-3-2-4-6-11/h10,14H,2-8H2,1H3. The van der Waals surface area contributed by atoms with E-state index in [0.717, 1.165) is 25.7 Å². The number of nitriles is 1. The zero-order chi connectivity index (χ0) is 10.9. The number of rotatable bonds is 1. The van der Waals surface area contributed by atoms with Gasteiger partial charge in [-0.05, 0) is 19.8 Å². The van der Waals surface area contributed by atoms with E-state index in [1.807, 2.05) is 6.92 Å². The summed E-state index contributed by atoms with van der Waals surface area (Å²) >= 11 is 0. The fourth-order valence-electron chi connectivity index (χ4n) is 3.16. The summed E-state index contributed by atoms with van der Waals surface area (Å²) in [7, 11) is 0. The Balaban J connectivity index is 2.28. The first kappa shape index (κ1) is 10.9. The topological polar surface area (TPSA) is 53.2 Å². The van der Waals surface area contributed by atoms with Gasteiger partial charge in [0.25, 0.3) is 0 Å². The number of aliphatic hydroxyl groups is 1. The molecule has 0 bridgehead atoms. The maximum atomic E-state index is 10.7. The summed E-state index contributed by atoms with van der Waals surface area (Å²) < 4.78 is 5.45. The van der Waals surface area contributed by atoms with Crippen molar-refractivity contribution in [1.82, 2.24) is 0 Å². The number of nitrogens with zero attached hydrogens (tertiary/aromatic N) is 1. The van der Waals surface area contributed by atoms with Gasteiger partial charge in [0.1, 0.15) is 5.60 Å². The Bertz CT molecular complexity index is 278. The van der Waals surface area contributed by atoms with Gasteiger partial charge in [-0.1, -0.05) is 19.3 Å². The smallest absolute Gasteiger partial charge is 0.111 e. The van der Waals surface area contributed by atoms with E-state index >= 15 is 0 Å². The lowest BCUT2D eigenvalue weighted by molar-refractivity contribution is -0.110. The molecule has 1 heterocycles. The molecule has 2 unspecified atom stereocenters. The maximum Gasteiger partial charge on any atom is 0.111 e. The van der Waals surface area contributed by atoms with Crippen LogP contribution in [0.25, 0.3) is 0 Å². The molecule has 84 valence electrons. The molecule has 0 amide bonds. The van der Waals surface area contributed by atoms with Gasteiger partial charge in [0.15, 0.2) is 0 Å². The van der Waals surface area contributed by atoms with Crippen LogP contribution in [0.15, 0.2) is 0 Å². The van der Waals surface area contributed by atoms with E-state index in [-0.39, 0.29) is 6.10 Å². The second-order valence-electron chi connectivity index (χ2n) is 4.94. The molecule has 1 saturated carbocycles. The monoisotopic (exact) mass is 209 g/mol. The van der Waals surface area contributed by atoms with Gasteiger partial charge in [-0.2, -0.15) is 5.26 Å². The van der Waals surface area contributed by atoms with Crippen LogP contribution in [0, 0.1) is 16.7 Å². The summed E-state index contributed by atoms with van der Waals surface area (Å²) in [6.45, 7) is 2.47. The largest absolute Gasteiger partial charge is 0.385 e. The number of hydrogen-bond donors (Lipinski definition) is 1. The second kappa shape index (κ2) is 3.77. The Morgan fingerprint density at radius 1 is 1.27 bits per heavy atom. The molecular weight excluding hydrogens is 190 g/mol. The average Bonchev–Trinajstić information content (AvgIpc) is 2.62. The van der Waals surface area contributed by atoms with Crippen LogP contribution in [0.5, 0.6) is 0 Å². The van der Waals surface area contributed by atoms with Crippen LogP contribution < -0.4 is 0 Å². The van der Waals surface area contributed by atoms with Crippen molar-refractivity contribution in [1.29, 1.82) is 5.26 Å². The van der Waals surface area contributed by atoms with Crippen LogP contribution in [0.4, 0.5) is 0 Å². The van der Waals surface area contributed by atoms with Crippen molar-refractivity contribution < 1.29 is 9.84 Å². The van der Waals surface area contributed by atoms with Gasteiger partial charge in [0.2, 0.25) is 0 Å². The molecular formula is C12H19NO2. The van der Waals surface area contributed by atoms with Gasteiger partial charge in [-0.3, -0.25) is 0 Å². The van der Waals surface area contributed by atoms with E-state index in [4.69, 9.17) is 4.74 Å². The zero-order valence-electron chi connectivity index (χ0n) is 9.33. The third-order valence-corrected chi connectivity index (χ3v) is 4.27. The van der Waals surface area contributed by atoms with Crippen LogP contribution in [0.3, 0.4) is 0 Å². The van der Waals surface area contributed by atoms with E-state index in [1.54, 1.807) is 0 Å². The summed E-state index contributed by atoms with van der Waals surface area (Å²) in [5.41, 5.74) is -1.47. The summed E-state index contributed by atoms with van der Waals surface area (Å²) in [6, 6.07) is 2.40. The quantitative estimate of drug-likeness (QED) is 0.718. The molecule has 2 fully saturated rings. The fraction of sp³-hybridized carbons (Fsp3) is 0.917. The van der Waals surface area contributed by atoms with Crippen molar-refractivity contribution in [2.45, 2.75) is 57.2 Å². The summed E-state index contributed by atoms with van der Waals surface area (Å²) in [5, 5.41) is 20.1. The summed E-state index contributed by atoms with van der Waals surface area (Å²) in [6.07, 6.45) is 5.37. The third kappa shape index (κ3) is 1.47. The Kier molecular flexibility index (Phi) is 2.74. The lowest BCUT2D eigenvalue weighted by Gasteiger charge is -2.44. The highest BCUT2D eigenvalue weighted by molar-refractivity contribution is 5.16. The van der Waals surface area contributed by atoms with E-state index in [0.29, 0.717) is 13.0 Å². The lowest BCUT2D eigenvalue weighted by atomic mass is 9.62. The molecule has 1 aliphatic carbocycles. The predicted molar refractivity (Wildman–Crippen MR) is 56.1 cm³/mol. The molecule has 0 aromatic carbocycles. The molecule has 2 atom stereocenters. The molecule has 0 spiro atoms. The van der Waals surface area contributed by atoms with E-state index in [1.165, 1.54) is 6.42 Å². The number of hydrogen-bond acceptors (Lipinski definition) is 3. The van der Waals surface area contributed by atoms with Gasteiger partial charge < -0.3 is 9.84 Å².